The lowest BCUT2D eigenvalue weighted by Gasteiger charge is -2.33. The maximum atomic E-state index is 13.1. The van der Waals surface area contributed by atoms with E-state index in [9.17, 15) is 18.0 Å². The van der Waals surface area contributed by atoms with Crippen LogP contribution in [-0.2, 0) is 14.8 Å². The molecule has 8 nitrogen and oxygen atoms in total. The Morgan fingerprint density at radius 1 is 1.03 bits per heavy atom. The van der Waals surface area contributed by atoms with Crippen molar-refractivity contribution in [2.75, 3.05) is 31.5 Å². The van der Waals surface area contributed by atoms with E-state index in [1.54, 1.807) is 29.3 Å². The van der Waals surface area contributed by atoms with Gasteiger partial charge in [-0.1, -0.05) is 22.0 Å². The molecule has 2 heterocycles. The number of piperazine rings is 1. The summed E-state index contributed by atoms with van der Waals surface area (Å²) in [5, 5.41) is 3.62. The molecule has 10 heteroatoms. The zero-order valence-corrected chi connectivity index (χ0v) is 19.7. The predicted octanol–water partition coefficient (Wildman–Crippen LogP) is 3.10. The molecule has 1 fully saturated rings. The van der Waals surface area contributed by atoms with Crippen LogP contribution in [0.15, 0.2) is 64.1 Å². The number of nitrogens with zero attached hydrogens (tertiary/aromatic N) is 3. The predicted molar refractivity (Wildman–Crippen MR) is 125 cm³/mol. The molecule has 0 unspecified atom stereocenters. The Kier molecular flexibility index (Phi) is 6.27. The van der Waals surface area contributed by atoms with Gasteiger partial charge in [-0.15, -0.1) is 0 Å². The molecule has 32 heavy (non-hydrogen) atoms. The van der Waals surface area contributed by atoms with Crippen molar-refractivity contribution >= 4 is 54.4 Å². The second kappa shape index (κ2) is 8.97. The lowest BCUT2D eigenvalue weighted by Crippen LogP contribution is -2.49. The van der Waals surface area contributed by atoms with Gasteiger partial charge in [-0.2, -0.15) is 4.31 Å². The number of pyridine rings is 1. The molecule has 166 valence electrons. The second-order valence-electron chi connectivity index (χ2n) is 7.41. The number of rotatable bonds is 4. The fraction of sp³-hybridized carbons (Fsp3) is 0.227. The van der Waals surface area contributed by atoms with Gasteiger partial charge in [0.2, 0.25) is 15.9 Å². The Bertz CT molecular complexity index is 1300. The number of fused-ring (bicyclic) bond motifs is 1. The summed E-state index contributed by atoms with van der Waals surface area (Å²) >= 11 is 3.42. The minimum atomic E-state index is -3.78. The van der Waals surface area contributed by atoms with Crippen LogP contribution < -0.4 is 5.32 Å². The summed E-state index contributed by atoms with van der Waals surface area (Å²) in [6.07, 6.45) is 1.60. The van der Waals surface area contributed by atoms with Crippen molar-refractivity contribution in [3.8, 4) is 0 Å². The third-order valence-electron chi connectivity index (χ3n) is 5.37. The molecule has 2 aromatic carbocycles. The van der Waals surface area contributed by atoms with Gasteiger partial charge in [0.05, 0.1) is 16.1 Å². The molecule has 4 rings (SSSR count). The number of anilines is 1. The molecule has 0 atom stereocenters. The highest BCUT2D eigenvalue weighted by atomic mass is 79.9. The van der Waals surface area contributed by atoms with Crippen molar-refractivity contribution < 1.29 is 18.0 Å². The highest BCUT2D eigenvalue weighted by Gasteiger charge is 2.29. The van der Waals surface area contributed by atoms with Gasteiger partial charge in [0.25, 0.3) is 5.91 Å². The normalized spacial score (nSPS) is 15.0. The molecule has 1 N–H and O–H groups in total. The Morgan fingerprint density at radius 2 is 1.78 bits per heavy atom. The number of nitrogens with one attached hydrogen (secondary N) is 1. The third kappa shape index (κ3) is 4.52. The van der Waals surface area contributed by atoms with Gasteiger partial charge in [0, 0.05) is 54.7 Å². The first-order chi connectivity index (χ1) is 15.3. The van der Waals surface area contributed by atoms with Crippen molar-refractivity contribution in [3.63, 3.8) is 0 Å². The number of halogens is 1. The van der Waals surface area contributed by atoms with Crippen molar-refractivity contribution in [2.45, 2.75) is 11.8 Å². The molecular weight excluding hydrogens is 496 g/mol. The van der Waals surface area contributed by atoms with Gasteiger partial charge >= 0.3 is 0 Å². The number of hydrogen-bond donors (Lipinski definition) is 1. The zero-order valence-electron chi connectivity index (χ0n) is 17.3. The minimum absolute atomic E-state index is 0.0451. The van der Waals surface area contributed by atoms with E-state index in [-0.39, 0.29) is 29.5 Å². The molecular formula is C22H21BrN4O4S. The fourth-order valence-electron chi connectivity index (χ4n) is 3.61. The van der Waals surface area contributed by atoms with Crippen LogP contribution in [0.4, 0.5) is 5.69 Å². The van der Waals surface area contributed by atoms with E-state index < -0.39 is 15.9 Å². The van der Waals surface area contributed by atoms with Crippen molar-refractivity contribution in [3.05, 3.63) is 64.8 Å². The van der Waals surface area contributed by atoms with Gasteiger partial charge in [-0.25, -0.2) is 8.42 Å². The van der Waals surface area contributed by atoms with E-state index in [0.717, 1.165) is 15.4 Å². The topological polar surface area (TPSA) is 99.7 Å². The second-order valence-corrected chi connectivity index (χ2v) is 10.3. The average Bonchev–Trinajstić information content (AvgIpc) is 2.79. The van der Waals surface area contributed by atoms with Crippen LogP contribution in [0.3, 0.4) is 0 Å². The summed E-state index contributed by atoms with van der Waals surface area (Å²) in [5.74, 6) is -0.493. The van der Waals surface area contributed by atoms with E-state index in [1.165, 1.54) is 23.4 Å². The molecule has 0 spiro atoms. The summed E-state index contributed by atoms with van der Waals surface area (Å²) in [4.78, 5) is 30.4. The summed E-state index contributed by atoms with van der Waals surface area (Å²) in [6, 6.07) is 13.2. The first-order valence-corrected chi connectivity index (χ1v) is 12.2. The highest BCUT2D eigenvalue weighted by molar-refractivity contribution is 9.10. The minimum Gasteiger partial charge on any atom is -0.340 e. The van der Waals surface area contributed by atoms with E-state index in [0.29, 0.717) is 18.8 Å². The van der Waals surface area contributed by atoms with E-state index in [4.69, 9.17) is 0 Å². The van der Waals surface area contributed by atoms with E-state index in [2.05, 4.69) is 26.2 Å². The summed E-state index contributed by atoms with van der Waals surface area (Å²) in [7, 11) is -3.78. The monoisotopic (exact) mass is 516 g/mol. The van der Waals surface area contributed by atoms with Gasteiger partial charge in [0.1, 0.15) is 0 Å². The molecule has 2 amide bonds. The Hall–Kier alpha value is -2.82. The molecule has 1 aromatic heterocycles. The molecule has 1 saturated heterocycles. The first-order valence-electron chi connectivity index (χ1n) is 9.97. The average molecular weight is 517 g/mol. The summed E-state index contributed by atoms with van der Waals surface area (Å²) in [6.45, 7) is 2.60. The smallest absolute Gasteiger partial charge is 0.255 e. The number of sulfonamides is 1. The number of carbonyl (C=O) groups excluding carboxylic acids is 2. The fourth-order valence-corrected chi connectivity index (χ4v) is 5.44. The van der Waals surface area contributed by atoms with Gasteiger partial charge in [-0.3, -0.25) is 14.6 Å². The molecule has 0 saturated carbocycles. The molecule has 1 aliphatic heterocycles. The number of carbonyl (C=O) groups is 2. The number of amides is 2. The van der Waals surface area contributed by atoms with Crippen molar-refractivity contribution in [1.29, 1.82) is 0 Å². The Morgan fingerprint density at radius 3 is 2.50 bits per heavy atom. The summed E-state index contributed by atoms with van der Waals surface area (Å²) < 4.78 is 28.4. The SMILES string of the molecule is CC(=O)N1CCN(S(=O)(=O)c2cccc(C(=O)Nc3ccnc4ccc(Br)cc34)c2)CC1. The molecule has 0 aliphatic carbocycles. The maximum absolute atomic E-state index is 13.1. The van der Waals surface area contributed by atoms with Crippen molar-refractivity contribution in [2.24, 2.45) is 0 Å². The lowest BCUT2D eigenvalue weighted by molar-refractivity contribution is -0.129. The zero-order chi connectivity index (χ0) is 22.9. The number of benzene rings is 2. The molecule has 0 radical (unpaired) electrons. The molecule has 3 aromatic rings. The molecule has 1 aliphatic rings. The highest BCUT2D eigenvalue weighted by Crippen LogP contribution is 2.26. The Labute approximate surface area is 194 Å². The maximum Gasteiger partial charge on any atom is 0.255 e. The van der Waals surface area contributed by atoms with Gasteiger partial charge in [-0.05, 0) is 42.5 Å². The van der Waals surface area contributed by atoms with Crippen LogP contribution in [0.5, 0.6) is 0 Å². The van der Waals surface area contributed by atoms with Crippen molar-refractivity contribution in [1.82, 2.24) is 14.2 Å². The van der Waals surface area contributed by atoms with Crippen LogP contribution in [-0.4, -0.2) is 60.6 Å². The number of aromatic nitrogens is 1. The third-order valence-corrected chi connectivity index (χ3v) is 7.76. The Balaban J connectivity index is 1.56. The van der Waals surface area contributed by atoms with Crippen LogP contribution >= 0.6 is 15.9 Å². The van der Waals surface area contributed by atoms with Crippen LogP contribution in [0, 0.1) is 0 Å². The van der Waals surface area contributed by atoms with Gasteiger partial charge in [0.15, 0.2) is 0 Å². The van der Waals surface area contributed by atoms with Crippen LogP contribution in [0.1, 0.15) is 17.3 Å². The summed E-state index contributed by atoms with van der Waals surface area (Å²) in [5.41, 5.74) is 1.54. The first kappa shape index (κ1) is 22.4. The lowest BCUT2D eigenvalue weighted by atomic mass is 10.1. The largest absolute Gasteiger partial charge is 0.340 e. The van der Waals surface area contributed by atoms with E-state index >= 15 is 0 Å². The quantitative estimate of drug-likeness (QED) is 0.574. The molecule has 0 bridgehead atoms. The van der Waals surface area contributed by atoms with Crippen LogP contribution in [0.25, 0.3) is 10.9 Å². The van der Waals surface area contributed by atoms with Crippen LogP contribution in [0.2, 0.25) is 0 Å². The van der Waals surface area contributed by atoms with E-state index in [1.807, 2.05) is 18.2 Å². The number of hydrogen-bond acceptors (Lipinski definition) is 5. The standard InChI is InChI=1S/C22H21BrN4O4S/c1-15(28)26-9-11-27(12-10-26)32(30,31)18-4-2-3-16(13-18)22(29)25-21-7-8-24-20-6-5-17(23)14-19(20)21/h2-8,13-14H,9-12H2,1H3,(H,24,25,29). The van der Waals surface area contributed by atoms with Gasteiger partial charge < -0.3 is 10.2 Å².